The molecule has 0 bridgehead atoms. The first kappa shape index (κ1) is 21.8. The Balaban J connectivity index is 1.64. The van der Waals surface area contributed by atoms with Gasteiger partial charge < -0.3 is 14.8 Å². The Morgan fingerprint density at radius 2 is 1.75 bits per heavy atom. The molecule has 0 aliphatic rings. The number of methoxy groups -OCH3 is 2. The van der Waals surface area contributed by atoms with Crippen molar-refractivity contribution in [2.75, 3.05) is 19.5 Å². The number of thiophene rings is 2. The quantitative estimate of drug-likeness (QED) is 0.426. The highest BCUT2D eigenvalue weighted by Crippen LogP contribution is 2.26. The number of anilines is 1. The number of amides is 1. The minimum atomic E-state index is -0.504. The minimum Gasteiger partial charge on any atom is -0.497 e. The fraction of sp³-hybridized carbons (Fsp3) is 0.227. The van der Waals surface area contributed by atoms with Gasteiger partial charge in [-0.1, -0.05) is 6.07 Å². The van der Waals surface area contributed by atoms with E-state index in [1.54, 1.807) is 41.0 Å². The molecule has 0 saturated carbocycles. The van der Waals surface area contributed by atoms with Crippen LogP contribution in [0, 0.1) is 0 Å². The SMILES string of the molecule is COc1cc(NC(=O)Cn2c(=O)n(CCc3cccs3)c(=O)c3sccc32)cc(OC)c1. The summed E-state index contributed by atoms with van der Waals surface area (Å²) in [4.78, 5) is 39.9. The highest BCUT2D eigenvalue weighted by atomic mass is 32.1. The average molecular weight is 472 g/mol. The van der Waals surface area contributed by atoms with Gasteiger partial charge in [0.2, 0.25) is 5.91 Å². The molecule has 32 heavy (non-hydrogen) atoms. The summed E-state index contributed by atoms with van der Waals surface area (Å²) in [6, 6.07) is 10.6. The van der Waals surface area contributed by atoms with Gasteiger partial charge in [-0.05, 0) is 29.3 Å². The van der Waals surface area contributed by atoms with Gasteiger partial charge in [0.1, 0.15) is 22.7 Å². The molecule has 0 fully saturated rings. The third-order valence-corrected chi connectivity index (χ3v) is 6.76. The van der Waals surface area contributed by atoms with E-state index in [4.69, 9.17) is 9.47 Å². The van der Waals surface area contributed by atoms with E-state index < -0.39 is 11.6 Å². The number of rotatable bonds is 8. The highest BCUT2D eigenvalue weighted by Gasteiger charge is 2.17. The van der Waals surface area contributed by atoms with Gasteiger partial charge in [0.15, 0.2) is 0 Å². The van der Waals surface area contributed by atoms with Crippen molar-refractivity contribution < 1.29 is 14.3 Å². The maximum Gasteiger partial charge on any atom is 0.332 e. The number of nitrogens with one attached hydrogen (secondary N) is 1. The maximum absolute atomic E-state index is 13.2. The molecule has 0 saturated heterocycles. The lowest BCUT2D eigenvalue weighted by Crippen LogP contribution is -2.41. The number of nitrogens with zero attached hydrogens (tertiary/aromatic N) is 2. The summed E-state index contributed by atoms with van der Waals surface area (Å²) >= 11 is 2.84. The van der Waals surface area contributed by atoms with Gasteiger partial charge in [0, 0.05) is 35.3 Å². The van der Waals surface area contributed by atoms with Crippen LogP contribution in [0.1, 0.15) is 4.88 Å². The summed E-state index contributed by atoms with van der Waals surface area (Å²) in [5, 5.41) is 6.47. The second-order valence-corrected chi connectivity index (χ2v) is 8.89. The van der Waals surface area contributed by atoms with Gasteiger partial charge >= 0.3 is 5.69 Å². The summed E-state index contributed by atoms with van der Waals surface area (Å²) in [6.45, 7) is 0.0194. The van der Waals surface area contributed by atoms with Gasteiger partial charge in [-0.3, -0.25) is 18.7 Å². The van der Waals surface area contributed by atoms with Crippen molar-refractivity contribution in [3.05, 3.63) is 72.9 Å². The Morgan fingerprint density at radius 3 is 2.41 bits per heavy atom. The monoisotopic (exact) mass is 471 g/mol. The van der Waals surface area contributed by atoms with Crippen LogP contribution >= 0.6 is 22.7 Å². The topological polar surface area (TPSA) is 91.6 Å². The number of aryl methyl sites for hydroxylation is 1. The number of hydrogen-bond donors (Lipinski definition) is 1. The fourth-order valence-corrected chi connectivity index (χ4v) is 4.93. The average Bonchev–Trinajstić information content (AvgIpc) is 3.48. The number of hydrogen-bond acceptors (Lipinski definition) is 7. The van der Waals surface area contributed by atoms with E-state index in [9.17, 15) is 14.4 Å². The summed E-state index contributed by atoms with van der Waals surface area (Å²) in [5.74, 6) is 0.650. The zero-order valence-electron chi connectivity index (χ0n) is 17.5. The summed E-state index contributed by atoms with van der Waals surface area (Å²) in [6.07, 6.45) is 0.569. The van der Waals surface area contributed by atoms with E-state index in [1.165, 1.54) is 34.7 Å². The number of benzene rings is 1. The number of ether oxygens (including phenoxy) is 2. The third kappa shape index (κ3) is 4.46. The second-order valence-electron chi connectivity index (χ2n) is 6.94. The van der Waals surface area contributed by atoms with Crippen LogP contribution in [-0.2, 0) is 24.3 Å². The molecule has 8 nitrogen and oxygen atoms in total. The molecule has 0 spiro atoms. The minimum absolute atomic E-state index is 0.231. The van der Waals surface area contributed by atoms with Crippen LogP contribution in [0.4, 0.5) is 5.69 Å². The Labute approximate surface area is 191 Å². The lowest BCUT2D eigenvalue weighted by molar-refractivity contribution is -0.116. The molecule has 1 N–H and O–H groups in total. The molecule has 0 atom stereocenters. The van der Waals surface area contributed by atoms with Crippen molar-refractivity contribution in [2.45, 2.75) is 19.5 Å². The maximum atomic E-state index is 13.2. The predicted octanol–water partition coefficient (Wildman–Crippen LogP) is 3.18. The highest BCUT2D eigenvalue weighted by molar-refractivity contribution is 7.17. The van der Waals surface area contributed by atoms with Crippen molar-refractivity contribution >= 4 is 44.5 Å². The first-order valence-electron chi connectivity index (χ1n) is 9.76. The molecule has 3 aromatic heterocycles. The van der Waals surface area contributed by atoms with Gasteiger partial charge in [0.05, 0.1) is 19.7 Å². The Kier molecular flexibility index (Phi) is 6.42. The van der Waals surface area contributed by atoms with Gasteiger partial charge in [-0.2, -0.15) is 0 Å². The molecule has 4 aromatic rings. The van der Waals surface area contributed by atoms with E-state index in [1.807, 2.05) is 17.5 Å². The van der Waals surface area contributed by atoms with E-state index in [2.05, 4.69) is 5.32 Å². The summed E-state index contributed by atoms with van der Waals surface area (Å²) < 4.78 is 13.5. The molecule has 0 radical (unpaired) electrons. The van der Waals surface area contributed by atoms with Crippen LogP contribution in [0.5, 0.6) is 11.5 Å². The normalized spacial score (nSPS) is 10.9. The predicted molar refractivity (Wildman–Crippen MR) is 127 cm³/mol. The van der Waals surface area contributed by atoms with Crippen molar-refractivity contribution in [2.24, 2.45) is 0 Å². The van der Waals surface area contributed by atoms with Crippen LogP contribution in [0.15, 0.2) is 56.7 Å². The van der Waals surface area contributed by atoms with Crippen LogP contribution in [0.2, 0.25) is 0 Å². The Hall–Kier alpha value is -3.37. The van der Waals surface area contributed by atoms with Gasteiger partial charge in [-0.25, -0.2) is 4.79 Å². The van der Waals surface area contributed by atoms with Gasteiger partial charge in [0.25, 0.3) is 5.56 Å². The molecule has 10 heteroatoms. The van der Waals surface area contributed by atoms with Gasteiger partial charge in [-0.15, -0.1) is 22.7 Å². The smallest absolute Gasteiger partial charge is 0.332 e. The van der Waals surface area contributed by atoms with Crippen LogP contribution in [-0.4, -0.2) is 29.3 Å². The van der Waals surface area contributed by atoms with Crippen LogP contribution in [0.3, 0.4) is 0 Å². The molecule has 0 aliphatic heterocycles. The zero-order chi connectivity index (χ0) is 22.7. The third-order valence-electron chi connectivity index (χ3n) is 4.94. The summed E-state index contributed by atoms with van der Waals surface area (Å²) in [7, 11) is 3.04. The Bertz CT molecular complexity index is 1350. The van der Waals surface area contributed by atoms with E-state index in [0.717, 1.165) is 4.88 Å². The molecule has 0 unspecified atom stereocenters. The first-order chi connectivity index (χ1) is 15.5. The lowest BCUT2D eigenvalue weighted by atomic mass is 10.2. The fourth-order valence-electron chi connectivity index (χ4n) is 3.38. The van der Waals surface area contributed by atoms with Crippen LogP contribution in [0.25, 0.3) is 10.2 Å². The second kappa shape index (κ2) is 9.41. The Morgan fingerprint density at radius 1 is 1.00 bits per heavy atom. The van der Waals surface area contributed by atoms with E-state index in [-0.39, 0.29) is 18.6 Å². The molecule has 0 aliphatic carbocycles. The largest absolute Gasteiger partial charge is 0.497 e. The molecule has 3 heterocycles. The van der Waals surface area contributed by atoms with E-state index in [0.29, 0.717) is 33.8 Å². The zero-order valence-corrected chi connectivity index (χ0v) is 19.1. The van der Waals surface area contributed by atoms with Crippen molar-refractivity contribution in [1.82, 2.24) is 9.13 Å². The summed E-state index contributed by atoms with van der Waals surface area (Å²) in [5.41, 5.74) is 0.101. The molecular formula is C22H21N3O5S2. The molecule has 1 aromatic carbocycles. The standard InChI is InChI=1S/C22H21N3O5S2/c1-29-15-10-14(11-16(12-15)30-2)23-19(26)13-25-18-6-9-32-20(18)21(27)24(22(25)28)7-5-17-4-3-8-31-17/h3-4,6,8-12H,5,7,13H2,1-2H3,(H,23,26). The molecule has 4 rings (SSSR count). The van der Waals surface area contributed by atoms with Crippen molar-refractivity contribution in [3.8, 4) is 11.5 Å². The first-order valence-corrected chi connectivity index (χ1v) is 11.5. The number of carbonyl (C=O) groups excluding carboxylic acids is 1. The van der Waals surface area contributed by atoms with Crippen LogP contribution < -0.4 is 26.0 Å². The molecular weight excluding hydrogens is 450 g/mol. The number of aromatic nitrogens is 2. The van der Waals surface area contributed by atoms with E-state index >= 15 is 0 Å². The number of carbonyl (C=O) groups is 1. The molecule has 166 valence electrons. The molecule has 1 amide bonds. The van der Waals surface area contributed by atoms with Crippen molar-refractivity contribution in [3.63, 3.8) is 0 Å². The number of fused-ring (bicyclic) bond motifs is 1. The lowest BCUT2D eigenvalue weighted by Gasteiger charge is -2.13. The van der Waals surface area contributed by atoms with Crippen molar-refractivity contribution in [1.29, 1.82) is 0 Å².